The van der Waals surface area contributed by atoms with Crippen molar-refractivity contribution in [1.29, 1.82) is 5.26 Å². The van der Waals surface area contributed by atoms with Gasteiger partial charge in [0.05, 0.1) is 24.3 Å². The van der Waals surface area contributed by atoms with Gasteiger partial charge in [0.15, 0.2) is 0 Å². The summed E-state index contributed by atoms with van der Waals surface area (Å²) in [5, 5.41) is 12.1. The second-order valence-electron chi connectivity index (χ2n) is 4.91. The third-order valence-corrected chi connectivity index (χ3v) is 3.23. The van der Waals surface area contributed by atoms with Crippen LogP contribution in [0.1, 0.15) is 25.3 Å². The fourth-order valence-corrected chi connectivity index (χ4v) is 2.03. The maximum absolute atomic E-state index is 11.6. The van der Waals surface area contributed by atoms with Gasteiger partial charge in [-0.2, -0.15) is 5.26 Å². The van der Waals surface area contributed by atoms with E-state index in [1.54, 1.807) is 11.0 Å². The van der Waals surface area contributed by atoms with Crippen LogP contribution in [0.2, 0.25) is 0 Å². The smallest absolute Gasteiger partial charge is 0.409 e. The van der Waals surface area contributed by atoms with Crippen LogP contribution in [0.4, 0.5) is 10.5 Å². The van der Waals surface area contributed by atoms with Crippen molar-refractivity contribution in [2.24, 2.45) is 0 Å². The molecule has 20 heavy (non-hydrogen) atoms. The summed E-state index contributed by atoms with van der Waals surface area (Å²) in [4.78, 5) is 13.3. The van der Waals surface area contributed by atoms with Gasteiger partial charge in [-0.25, -0.2) is 4.79 Å². The molecule has 1 N–H and O–H groups in total. The van der Waals surface area contributed by atoms with Gasteiger partial charge in [0.2, 0.25) is 0 Å². The Hall–Kier alpha value is -2.22. The Morgan fingerprint density at radius 3 is 3.05 bits per heavy atom. The first-order valence-corrected chi connectivity index (χ1v) is 6.91. The maximum atomic E-state index is 11.6. The third kappa shape index (κ3) is 3.64. The molecule has 1 aliphatic rings. The van der Waals surface area contributed by atoms with E-state index in [1.807, 2.05) is 18.2 Å². The van der Waals surface area contributed by atoms with E-state index < -0.39 is 0 Å². The number of likely N-dealkylation sites (tertiary alicyclic amines) is 1. The van der Waals surface area contributed by atoms with E-state index in [4.69, 9.17) is 10.00 Å². The summed E-state index contributed by atoms with van der Waals surface area (Å²) in [6.45, 7) is 3.84. The Labute approximate surface area is 119 Å². The lowest BCUT2D eigenvalue weighted by molar-refractivity contribution is 0.0748. The molecule has 0 atom stereocenters. The number of unbranched alkanes of at least 4 members (excludes halogenated alkanes) is 1. The Kier molecular flexibility index (Phi) is 4.83. The molecule has 0 unspecified atom stereocenters. The van der Waals surface area contributed by atoms with Crippen LogP contribution in [0.3, 0.4) is 0 Å². The molecule has 0 aliphatic carbocycles. The average molecular weight is 273 g/mol. The van der Waals surface area contributed by atoms with Crippen LogP contribution in [0.25, 0.3) is 0 Å². The summed E-state index contributed by atoms with van der Waals surface area (Å²) in [5.74, 6) is 0. The SMILES string of the molecule is CCCCOC(=O)N1CC(Nc2cccc(C#N)c2)C1. The molecule has 5 heteroatoms. The highest BCUT2D eigenvalue weighted by Gasteiger charge is 2.31. The van der Waals surface area contributed by atoms with E-state index in [2.05, 4.69) is 18.3 Å². The van der Waals surface area contributed by atoms with Crippen LogP contribution >= 0.6 is 0 Å². The van der Waals surface area contributed by atoms with Gasteiger partial charge in [0.25, 0.3) is 0 Å². The van der Waals surface area contributed by atoms with E-state index in [0.29, 0.717) is 25.3 Å². The largest absolute Gasteiger partial charge is 0.449 e. The zero-order valence-corrected chi connectivity index (χ0v) is 11.6. The second kappa shape index (κ2) is 6.80. The molecule has 1 aromatic carbocycles. The summed E-state index contributed by atoms with van der Waals surface area (Å²) >= 11 is 0. The fourth-order valence-electron chi connectivity index (χ4n) is 2.03. The van der Waals surface area contributed by atoms with Gasteiger partial charge >= 0.3 is 6.09 Å². The first kappa shape index (κ1) is 14.2. The fraction of sp³-hybridized carbons (Fsp3) is 0.467. The molecule has 0 bridgehead atoms. The minimum Gasteiger partial charge on any atom is -0.449 e. The molecule has 106 valence electrons. The van der Waals surface area contributed by atoms with E-state index in [0.717, 1.165) is 18.5 Å². The van der Waals surface area contributed by atoms with Gasteiger partial charge in [0, 0.05) is 18.8 Å². The molecule has 1 amide bonds. The number of nitrogens with one attached hydrogen (secondary N) is 1. The molecule has 1 fully saturated rings. The normalized spacial score (nSPS) is 14.3. The van der Waals surface area contributed by atoms with Crippen LogP contribution in [0, 0.1) is 11.3 Å². The van der Waals surface area contributed by atoms with Crippen LogP contribution in [-0.4, -0.2) is 36.7 Å². The molecule has 1 aliphatic heterocycles. The summed E-state index contributed by atoms with van der Waals surface area (Å²) in [6, 6.07) is 9.67. The van der Waals surface area contributed by atoms with E-state index >= 15 is 0 Å². The number of benzene rings is 1. The number of nitrogens with zero attached hydrogens (tertiary/aromatic N) is 2. The van der Waals surface area contributed by atoms with E-state index in [-0.39, 0.29) is 12.1 Å². The number of hydrogen-bond acceptors (Lipinski definition) is 4. The predicted octanol–water partition coefficient (Wildman–Crippen LogP) is 2.59. The molecular weight excluding hydrogens is 254 g/mol. The molecule has 1 aromatic rings. The molecule has 1 saturated heterocycles. The molecular formula is C15H19N3O2. The van der Waals surface area contributed by atoms with E-state index in [1.165, 1.54) is 0 Å². The zero-order valence-electron chi connectivity index (χ0n) is 11.6. The van der Waals surface area contributed by atoms with Crippen molar-refractivity contribution >= 4 is 11.8 Å². The van der Waals surface area contributed by atoms with Crippen molar-refractivity contribution in [2.75, 3.05) is 25.0 Å². The average Bonchev–Trinajstić information content (AvgIpc) is 2.42. The molecule has 5 nitrogen and oxygen atoms in total. The first-order valence-electron chi connectivity index (χ1n) is 6.91. The number of amides is 1. The topological polar surface area (TPSA) is 65.4 Å². The Morgan fingerprint density at radius 2 is 2.35 bits per heavy atom. The maximum Gasteiger partial charge on any atom is 0.409 e. The number of carbonyl (C=O) groups excluding carboxylic acids is 1. The number of anilines is 1. The third-order valence-electron chi connectivity index (χ3n) is 3.23. The highest BCUT2D eigenvalue weighted by atomic mass is 16.6. The number of hydrogen-bond donors (Lipinski definition) is 1. The zero-order chi connectivity index (χ0) is 14.4. The van der Waals surface area contributed by atoms with E-state index in [9.17, 15) is 4.79 Å². The molecule has 2 rings (SSSR count). The van der Waals surface area contributed by atoms with Crippen LogP contribution in [0.5, 0.6) is 0 Å². The molecule has 0 saturated carbocycles. The van der Waals surface area contributed by atoms with Crippen molar-refractivity contribution in [2.45, 2.75) is 25.8 Å². The summed E-state index contributed by atoms with van der Waals surface area (Å²) in [7, 11) is 0. The minimum absolute atomic E-state index is 0.225. The number of rotatable bonds is 5. The van der Waals surface area contributed by atoms with Gasteiger partial charge < -0.3 is 15.0 Å². The van der Waals surface area contributed by atoms with Crippen LogP contribution < -0.4 is 5.32 Å². The molecule has 0 radical (unpaired) electrons. The van der Waals surface area contributed by atoms with Crippen LogP contribution in [0.15, 0.2) is 24.3 Å². The Balaban J connectivity index is 1.73. The Bertz CT molecular complexity index is 504. The van der Waals surface area contributed by atoms with Crippen molar-refractivity contribution in [1.82, 2.24) is 4.90 Å². The van der Waals surface area contributed by atoms with Crippen molar-refractivity contribution < 1.29 is 9.53 Å². The highest BCUT2D eigenvalue weighted by Crippen LogP contribution is 2.17. The van der Waals surface area contributed by atoms with Crippen LogP contribution in [-0.2, 0) is 4.74 Å². The summed E-state index contributed by atoms with van der Waals surface area (Å²) in [5.41, 5.74) is 1.54. The second-order valence-corrected chi connectivity index (χ2v) is 4.91. The molecule has 0 spiro atoms. The molecule has 1 heterocycles. The standard InChI is InChI=1S/C15H19N3O2/c1-2-3-7-20-15(19)18-10-14(11-18)17-13-6-4-5-12(8-13)9-16/h4-6,8,14,17H,2-3,7,10-11H2,1H3. The minimum atomic E-state index is -0.234. The lowest BCUT2D eigenvalue weighted by Gasteiger charge is -2.39. The lowest BCUT2D eigenvalue weighted by Crippen LogP contribution is -2.57. The molecule has 0 aromatic heterocycles. The monoisotopic (exact) mass is 273 g/mol. The van der Waals surface area contributed by atoms with Gasteiger partial charge in [0.1, 0.15) is 0 Å². The van der Waals surface area contributed by atoms with Crippen molar-refractivity contribution in [3.8, 4) is 6.07 Å². The number of carbonyl (C=O) groups is 1. The quantitative estimate of drug-likeness (QED) is 0.837. The Morgan fingerprint density at radius 1 is 1.55 bits per heavy atom. The van der Waals surface area contributed by atoms with Gasteiger partial charge in [-0.15, -0.1) is 0 Å². The lowest BCUT2D eigenvalue weighted by atomic mass is 10.1. The predicted molar refractivity (Wildman–Crippen MR) is 76.4 cm³/mol. The number of nitriles is 1. The van der Waals surface area contributed by atoms with Gasteiger partial charge in [-0.05, 0) is 24.6 Å². The van der Waals surface area contributed by atoms with Gasteiger partial charge in [-0.1, -0.05) is 19.4 Å². The summed E-state index contributed by atoms with van der Waals surface area (Å²) in [6.07, 6.45) is 1.69. The number of ether oxygens (including phenoxy) is 1. The van der Waals surface area contributed by atoms with Crippen molar-refractivity contribution in [3.05, 3.63) is 29.8 Å². The van der Waals surface area contributed by atoms with Gasteiger partial charge in [-0.3, -0.25) is 0 Å². The van der Waals surface area contributed by atoms with Crippen molar-refractivity contribution in [3.63, 3.8) is 0 Å². The first-order chi connectivity index (χ1) is 9.72. The highest BCUT2D eigenvalue weighted by molar-refractivity contribution is 5.69. The summed E-state index contributed by atoms with van der Waals surface area (Å²) < 4.78 is 5.14.